The number of nitrogens with zero attached hydrogens (tertiary/aromatic N) is 1. The molecule has 0 fully saturated rings. The van der Waals surface area contributed by atoms with E-state index in [-0.39, 0.29) is 6.61 Å². The zero-order chi connectivity index (χ0) is 26.0. The summed E-state index contributed by atoms with van der Waals surface area (Å²) >= 11 is 0. The van der Waals surface area contributed by atoms with Gasteiger partial charge >= 0.3 is 0 Å². The van der Waals surface area contributed by atoms with E-state index in [1.165, 1.54) is 153 Å². The van der Waals surface area contributed by atoms with E-state index < -0.39 is 10.4 Å². The second kappa shape index (κ2) is 25.9. The van der Waals surface area contributed by atoms with E-state index >= 15 is 0 Å². The maximum atomic E-state index is 9.45. The van der Waals surface area contributed by atoms with E-state index in [2.05, 4.69) is 31.9 Å². The second-order valence-electron chi connectivity index (χ2n) is 9.95. The number of quaternary nitrogens is 1. The van der Waals surface area contributed by atoms with Crippen LogP contribution >= 0.6 is 0 Å². The SMILES string of the molecule is CCCCCCCC[N+](CC)(CCCCCCCC)CCCCCCCC.CCOS(=O)(=O)[O-]. The third-order valence-electron chi connectivity index (χ3n) is 6.89. The van der Waals surface area contributed by atoms with Crippen molar-refractivity contribution in [3.63, 3.8) is 0 Å². The minimum Gasteiger partial charge on any atom is -0.726 e. The van der Waals surface area contributed by atoms with Gasteiger partial charge in [-0.2, -0.15) is 0 Å². The first kappa shape index (κ1) is 36.0. The van der Waals surface area contributed by atoms with Crippen molar-refractivity contribution >= 4 is 10.4 Å². The Labute approximate surface area is 215 Å². The van der Waals surface area contributed by atoms with Gasteiger partial charge < -0.3 is 9.04 Å². The molecule has 0 aromatic carbocycles. The molecular weight excluding hydrogens is 446 g/mol. The molecule has 0 bridgehead atoms. The molecule has 0 rings (SSSR count). The van der Waals surface area contributed by atoms with Crippen LogP contribution in [0.25, 0.3) is 0 Å². The minimum absolute atomic E-state index is 0.0914. The van der Waals surface area contributed by atoms with Crippen molar-refractivity contribution in [2.45, 2.75) is 150 Å². The normalized spacial score (nSPS) is 11.9. The predicted molar refractivity (Wildman–Crippen MR) is 147 cm³/mol. The van der Waals surface area contributed by atoms with Crippen molar-refractivity contribution in [2.75, 3.05) is 32.8 Å². The zero-order valence-corrected chi connectivity index (χ0v) is 24.6. The van der Waals surface area contributed by atoms with Gasteiger partial charge in [0.2, 0.25) is 10.4 Å². The smallest absolute Gasteiger partial charge is 0.217 e. The number of hydrogen-bond acceptors (Lipinski definition) is 4. The van der Waals surface area contributed by atoms with Crippen molar-refractivity contribution in [3.05, 3.63) is 0 Å². The Morgan fingerprint density at radius 1 is 0.529 bits per heavy atom. The minimum atomic E-state index is -4.42. The molecule has 0 unspecified atom stereocenters. The molecule has 34 heavy (non-hydrogen) atoms. The molecule has 6 heteroatoms. The third kappa shape index (κ3) is 26.4. The molecular formula is C28H61NO4S. The highest BCUT2D eigenvalue weighted by atomic mass is 32.3. The average molecular weight is 508 g/mol. The third-order valence-corrected chi connectivity index (χ3v) is 7.42. The van der Waals surface area contributed by atoms with Crippen LogP contribution in [0.2, 0.25) is 0 Å². The van der Waals surface area contributed by atoms with Gasteiger partial charge in [-0.05, 0) is 52.4 Å². The number of hydrogen-bond donors (Lipinski definition) is 0. The van der Waals surface area contributed by atoms with Gasteiger partial charge in [0.1, 0.15) is 0 Å². The Bertz CT molecular complexity index is 456. The van der Waals surface area contributed by atoms with Crippen LogP contribution in [0.3, 0.4) is 0 Å². The number of rotatable bonds is 24. The van der Waals surface area contributed by atoms with E-state index in [4.69, 9.17) is 0 Å². The fraction of sp³-hybridized carbons (Fsp3) is 1.00. The first-order valence-electron chi connectivity index (χ1n) is 14.8. The molecule has 0 saturated heterocycles. The van der Waals surface area contributed by atoms with E-state index in [1.807, 2.05) is 0 Å². The lowest BCUT2D eigenvalue weighted by molar-refractivity contribution is -0.927. The van der Waals surface area contributed by atoms with Gasteiger partial charge in [0.05, 0.1) is 32.8 Å². The summed E-state index contributed by atoms with van der Waals surface area (Å²) in [7, 11) is -4.42. The largest absolute Gasteiger partial charge is 0.726 e. The summed E-state index contributed by atoms with van der Waals surface area (Å²) < 4.78 is 33.4. The van der Waals surface area contributed by atoms with Crippen LogP contribution in [0.5, 0.6) is 0 Å². The van der Waals surface area contributed by atoms with Crippen molar-refractivity contribution in [1.29, 1.82) is 0 Å². The Balaban J connectivity index is 0. The molecule has 0 N–H and O–H groups in total. The lowest BCUT2D eigenvalue weighted by Gasteiger charge is -2.38. The molecule has 0 radical (unpaired) electrons. The molecule has 0 aromatic rings. The maximum Gasteiger partial charge on any atom is 0.217 e. The Morgan fingerprint density at radius 2 is 0.824 bits per heavy atom. The van der Waals surface area contributed by atoms with Gasteiger partial charge in [0.25, 0.3) is 0 Å². The lowest BCUT2D eigenvalue weighted by atomic mass is 10.1. The zero-order valence-electron chi connectivity index (χ0n) is 23.8. The standard InChI is InChI=1S/C26H56N.C2H6O4S/c1-5-9-12-15-18-21-24-27(8-4,25-22-19-16-13-10-6-2)26-23-20-17-14-11-7-3;1-2-6-7(3,4)5/h5-26H2,1-4H3;2H2,1H3,(H,3,4,5)/q+1;/p-1. The van der Waals surface area contributed by atoms with E-state index in [1.54, 1.807) is 0 Å². The molecule has 0 aliphatic heterocycles. The molecule has 0 atom stereocenters. The van der Waals surface area contributed by atoms with Gasteiger partial charge in [-0.15, -0.1) is 0 Å². The maximum absolute atomic E-state index is 9.45. The molecule has 0 aliphatic rings. The molecule has 0 saturated carbocycles. The Hall–Kier alpha value is -0.170. The van der Waals surface area contributed by atoms with Gasteiger partial charge in [0.15, 0.2) is 0 Å². The highest BCUT2D eigenvalue weighted by Crippen LogP contribution is 2.18. The highest BCUT2D eigenvalue weighted by Gasteiger charge is 2.23. The summed E-state index contributed by atoms with van der Waals surface area (Å²) in [6, 6.07) is 0. The van der Waals surface area contributed by atoms with E-state index in [0.29, 0.717) is 0 Å². The van der Waals surface area contributed by atoms with Crippen molar-refractivity contribution < 1.29 is 21.6 Å². The fourth-order valence-corrected chi connectivity index (χ4v) is 4.93. The van der Waals surface area contributed by atoms with Crippen molar-refractivity contribution in [2.24, 2.45) is 0 Å². The molecule has 0 aliphatic carbocycles. The molecule has 0 aromatic heterocycles. The van der Waals surface area contributed by atoms with Gasteiger partial charge in [-0.1, -0.05) is 97.8 Å². The second-order valence-corrected chi connectivity index (χ2v) is 11.0. The number of unbranched alkanes of at least 4 members (excludes halogenated alkanes) is 15. The summed E-state index contributed by atoms with van der Waals surface area (Å²) in [6.07, 6.45) is 25.9. The highest BCUT2D eigenvalue weighted by molar-refractivity contribution is 7.80. The van der Waals surface area contributed by atoms with Gasteiger partial charge in [0, 0.05) is 0 Å². The monoisotopic (exact) mass is 507 g/mol. The molecule has 0 spiro atoms. The van der Waals surface area contributed by atoms with Gasteiger partial charge in [-0.25, -0.2) is 8.42 Å². The lowest BCUT2D eigenvalue weighted by Crippen LogP contribution is -2.50. The van der Waals surface area contributed by atoms with Crippen LogP contribution in [0, 0.1) is 0 Å². The van der Waals surface area contributed by atoms with Crippen LogP contribution in [0.15, 0.2) is 0 Å². The predicted octanol–water partition coefficient (Wildman–Crippen LogP) is 8.39. The summed E-state index contributed by atoms with van der Waals surface area (Å²) in [5.74, 6) is 0. The van der Waals surface area contributed by atoms with Crippen LogP contribution in [0.4, 0.5) is 0 Å². The van der Waals surface area contributed by atoms with Crippen molar-refractivity contribution in [3.8, 4) is 0 Å². The quantitative estimate of drug-likeness (QED) is 0.0569. The first-order chi connectivity index (χ1) is 16.3. The summed E-state index contributed by atoms with van der Waals surface area (Å²) in [4.78, 5) is 0. The first-order valence-corrected chi connectivity index (χ1v) is 16.1. The summed E-state index contributed by atoms with van der Waals surface area (Å²) in [5.41, 5.74) is 0. The van der Waals surface area contributed by atoms with Crippen LogP contribution in [-0.4, -0.2) is 50.2 Å². The van der Waals surface area contributed by atoms with Crippen LogP contribution < -0.4 is 0 Å². The fourth-order valence-electron chi connectivity index (χ4n) is 4.64. The molecule has 0 heterocycles. The average Bonchev–Trinajstić information content (AvgIpc) is 2.80. The van der Waals surface area contributed by atoms with Crippen molar-refractivity contribution in [1.82, 2.24) is 0 Å². The molecule has 208 valence electrons. The molecule has 0 amide bonds. The summed E-state index contributed by atoms with van der Waals surface area (Å²) in [6.45, 7) is 16.5. The van der Waals surface area contributed by atoms with E-state index in [0.717, 1.165) is 0 Å². The summed E-state index contributed by atoms with van der Waals surface area (Å²) in [5, 5.41) is 0. The van der Waals surface area contributed by atoms with Gasteiger partial charge in [-0.3, -0.25) is 4.18 Å². The van der Waals surface area contributed by atoms with E-state index in [9.17, 15) is 13.0 Å². The van der Waals surface area contributed by atoms with Crippen LogP contribution in [0.1, 0.15) is 150 Å². The Morgan fingerprint density at radius 3 is 1.03 bits per heavy atom. The van der Waals surface area contributed by atoms with Crippen LogP contribution in [-0.2, 0) is 14.6 Å². The topological polar surface area (TPSA) is 66.4 Å². The Kier molecular flexibility index (Phi) is 27.4. The molecule has 5 nitrogen and oxygen atoms in total.